The number of hydrogen-bond acceptors (Lipinski definition) is 3. The van der Waals surface area contributed by atoms with Crippen molar-refractivity contribution in [2.45, 2.75) is 33.6 Å². The lowest BCUT2D eigenvalue weighted by molar-refractivity contribution is -0.146. The summed E-state index contributed by atoms with van der Waals surface area (Å²) in [7, 11) is 0. The van der Waals surface area contributed by atoms with Crippen LogP contribution in [0.25, 0.3) is 22.0 Å². The van der Waals surface area contributed by atoms with Gasteiger partial charge < -0.3 is 15.4 Å². The number of carboxylic acid groups (broad SMARTS) is 1. The minimum Gasteiger partial charge on any atom is -0.481 e. The molecule has 6 heteroatoms. The minimum absolute atomic E-state index is 0.0633. The molecule has 0 spiro atoms. The van der Waals surface area contributed by atoms with Crippen molar-refractivity contribution in [3.05, 3.63) is 89.6 Å². The topological polar surface area (TPSA) is 99.3 Å². The van der Waals surface area contributed by atoms with Crippen molar-refractivity contribution in [3.8, 4) is 11.1 Å². The number of aromatic nitrogens is 1. The minimum atomic E-state index is -1.11. The van der Waals surface area contributed by atoms with E-state index in [-0.39, 0.29) is 18.1 Å². The fraction of sp³-hybridized carbons (Fsp3) is 0.207. The molecule has 0 aliphatic carbocycles. The van der Waals surface area contributed by atoms with Gasteiger partial charge in [-0.25, -0.2) is 0 Å². The molecular formula is C29H28N2O4. The summed E-state index contributed by atoms with van der Waals surface area (Å²) in [6, 6.07) is 22.6. The highest BCUT2D eigenvalue weighted by molar-refractivity contribution is 6.06. The van der Waals surface area contributed by atoms with E-state index in [1.54, 1.807) is 26.0 Å². The summed E-state index contributed by atoms with van der Waals surface area (Å²) >= 11 is 0. The molecule has 4 rings (SSSR count). The van der Waals surface area contributed by atoms with Gasteiger partial charge in [-0.05, 0) is 67.3 Å². The highest BCUT2D eigenvalue weighted by Crippen LogP contribution is 2.26. The van der Waals surface area contributed by atoms with Gasteiger partial charge in [-0.3, -0.25) is 14.4 Å². The Hall–Kier alpha value is -4.19. The van der Waals surface area contributed by atoms with Crippen molar-refractivity contribution >= 4 is 34.3 Å². The Morgan fingerprint density at radius 3 is 2.11 bits per heavy atom. The molecule has 0 unspecified atom stereocenters. The SMILES string of the molecule is CCc1ccc2[nH]c(C(=O)Nc3ccc(-c4ccc(C(=O)CC(C)(C)C(=O)O)cc4)cc3)cc2c1. The average molecular weight is 469 g/mol. The number of amides is 1. The first-order valence-electron chi connectivity index (χ1n) is 11.6. The smallest absolute Gasteiger partial charge is 0.309 e. The first kappa shape index (κ1) is 24.0. The molecule has 0 saturated carbocycles. The van der Waals surface area contributed by atoms with Crippen LogP contribution < -0.4 is 5.32 Å². The van der Waals surface area contributed by atoms with E-state index in [4.69, 9.17) is 0 Å². The molecular weight excluding hydrogens is 440 g/mol. The van der Waals surface area contributed by atoms with Crippen LogP contribution in [0.3, 0.4) is 0 Å². The number of H-pyrrole nitrogens is 1. The van der Waals surface area contributed by atoms with Crippen molar-refractivity contribution in [1.82, 2.24) is 4.98 Å². The second-order valence-electron chi connectivity index (χ2n) is 9.36. The van der Waals surface area contributed by atoms with Gasteiger partial charge in [-0.15, -0.1) is 0 Å². The van der Waals surface area contributed by atoms with Crippen molar-refractivity contribution in [2.24, 2.45) is 5.41 Å². The molecule has 0 atom stereocenters. The number of rotatable bonds is 8. The predicted octanol–water partition coefficient (Wildman–Crippen LogP) is 6.33. The highest BCUT2D eigenvalue weighted by Gasteiger charge is 2.30. The van der Waals surface area contributed by atoms with Crippen molar-refractivity contribution in [3.63, 3.8) is 0 Å². The normalized spacial score (nSPS) is 11.4. The number of aliphatic carboxylic acids is 1. The number of ketones is 1. The number of carbonyl (C=O) groups excluding carboxylic acids is 2. The summed E-state index contributed by atoms with van der Waals surface area (Å²) in [6.07, 6.45) is 0.878. The third kappa shape index (κ3) is 5.32. The number of anilines is 1. The van der Waals surface area contributed by atoms with Crippen LogP contribution in [0.5, 0.6) is 0 Å². The van der Waals surface area contributed by atoms with Crippen LogP contribution in [-0.4, -0.2) is 27.8 Å². The number of aromatic amines is 1. The van der Waals surface area contributed by atoms with Gasteiger partial charge in [-0.1, -0.05) is 49.4 Å². The third-order valence-electron chi connectivity index (χ3n) is 6.20. The summed E-state index contributed by atoms with van der Waals surface area (Å²) in [6.45, 7) is 5.19. The average Bonchev–Trinajstić information content (AvgIpc) is 3.28. The van der Waals surface area contributed by atoms with Gasteiger partial charge in [0.2, 0.25) is 0 Å². The summed E-state index contributed by atoms with van der Waals surface area (Å²) in [5, 5.41) is 13.2. The summed E-state index contributed by atoms with van der Waals surface area (Å²) in [4.78, 5) is 39.6. The molecule has 6 nitrogen and oxygen atoms in total. The lowest BCUT2D eigenvalue weighted by atomic mass is 9.85. The van der Waals surface area contributed by atoms with Gasteiger partial charge in [0.25, 0.3) is 5.91 Å². The number of Topliss-reactive ketones (excluding diaryl/α,β-unsaturated/α-hetero) is 1. The molecule has 0 aliphatic heterocycles. The van der Waals surface area contributed by atoms with Crippen LogP contribution >= 0.6 is 0 Å². The molecule has 35 heavy (non-hydrogen) atoms. The Morgan fingerprint density at radius 2 is 1.51 bits per heavy atom. The van der Waals surface area contributed by atoms with Crippen LogP contribution in [-0.2, 0) is 11.2 Å². The van der Waals surface area contributed by atoms with Gasteiger partial charge in [0.15, 0.2) is 5.78 Å². The van der Waals surface area contributed by atoms with Crippen LogP contribution in [0, 0.1) is 5.41 Å². The number of fused-ring (bicyclic) bond motifs is 1. The summed E-state index contributed by atoms with van der Waals surface area (Å²) < 4.78 is 0. The molecule has 0 bridgehead atoms. The maximum Gasteiger partial charge on any atom is 0.309 e. The number of benzene rings is 3. The van der Waals surface area contributed by atoms with Gasteiger partial charge in [0.1, 0.15) is 5.69 Å². The Bertz CT molecular complexity index is 1400. The molecule has 3 aromatic carbocycles. The Balaban J connectivity index is 1.43. The second-order valence-corrected chi connectivity index (χ2v) is 9.36. The Labute approximate surface area is 204 Å². The molecule has 0 aliphatic rings. The largest absolute Gasteiger partial charge is 0.481 e. The van der Waals surface area contributed by atoms with Gasteiger partial charge in [0, 0.05) is 28.6 Å². The van der Waals surface area contributed by atoms with E-state index in [0.29, 0.717) is 16.9 Å². The molecule has 0 saturated heterocycles. The Morgan fingerprint density at radius 1 is 0.886 bits per heavy atom. The number of carbonyl (C=O) groups is 3. The number of nitrogens with one attached hydrogen (secondary N) is 2. The highest BCUT2D eigenvalue weighted by atomic mass is 16.4. The van der Waals surface area contributed by atoms with Crippen LogP contribution in [0.4, 0.5) is 5.69 Å². The quantitative estimate of drug-likeness (QED) is 0.263. The molecule has 0 fully saturated rings. The zero-order chi connectivity index (χ0) is 25.2. The Kier molecular flexibility index (Phi) is 6.56. The molecule has 4 aromatic rings. The molecule has 1 amide bonds. The van der Waals surface area contributed by atoms with E-state index in [0.717, 1.165) is 28.5 Å². The van der Waals surface area contributed by atoms with Crippen LogP contribution in [0.1, 0.15) is 53.6 Å². The van der Waals surface area contributed by atoms with Gasteiger partial charge >= 0.3 is 5.97 Å². The number of aryl methyl sites for hydroxylation is 1. The number of hydrogen-bond donors (Lipinski definition) is 3. The first-order valence-corrected chi connectivity index (χ1v) is 11.6. The molecule has 0 radical (unpaired) electrons. The van der Waals surface area contributed by atoms with Gasteiger partial charge in [-0.2, -0.15) is 0 Å². The van der Waals surface area contributed by atoms with Crippen LogP contribution in [0.15, 0.2) is 72.8 Å². The number of carboxylic acids is 1. The maximum atomic E-state index is 12.7. The lowest BCUT2D eigenvalue weighted by Gasteiger charge is -2.17. The molecule has 1 aromatic heterocycles. The lowest BCUT2D eigenvalue weighted by Crippen LogP contribution is -2.26. The van der Waals surface area contributed by atoms with E-state index < -0.39 is 11.4 Å². The monoisotopic (exact) mass is 468 g/mol. The fourth-order valence-corrected chi connectivity index (χ4v) is 3.90. The third-order valence-corrected chi connectivity index (χ3v) is 6.20. The van der Waals surface area contributed by atoms with Crippen molar-refractivity contribution < 1.29 is 19.5 Å². The zero-order valence-electron chi connectivity index (χ0n) is 20.0. The molecule has 3 N–H and O–H groups in total. The second kappa shape index (κ2) is 9.58. The van der Waals surface area contributed by atoms with E-state index in [9.17, 15) is 19.5 Å². The van der Waals surface area contributed by atoms with Crippen LogP contribution in [0.2, 0.25) is 0 Å². The van der Waals surface area contributed by atoms with E-state index in [1.165, 1.54) is 5.56 Å². The standard InChI is InChI=1S/C29H28N2O4/c1-4-18-5-14-24-22(15-18)16-25(31-24)27(33)30-23-12-10-20(11-13-23)19-6-8-21(9-7-19)26(32)17-29(2,3)28(34)35/h5-16,31H,4,17H2,1-3H3,(H,30,33)(H,34,35). The first-order chi connectivity index (χ1) is 16.7. The summed E-state index contributed by atoms with van der Waals surface area (Å²) in [5.74, 6) is -1.41. The van der Waals surface area contributed by atoms with Crippen molar-refractivity contribution in [2.75, 3.05) is 5.32 Å². The van der Waals surface area contributed by atoms with E-state index in [2.05, 4.69) is 29.4 Å². The van der Waals surface area contributed by atoms with E-state index in [1.807, 2.05) is 48.5 Å². The fourth-order valence-electron chi connectivity index (χ4n) is 3.90. The van der Waals surface area contributed by atoms with Crippen molar-refractivity contribution in [1.29, 1.82) is 0 Å². The predicted molar refractivity (Wildman–Crippen MR) is 138 cm³/mol. The van der Waals surface area contributed by atoms with E-state index >= 15 is 0 Å². The maximum absolute atomic E-state index is 12.7. The summed E-state index contributed by atoms with van der Waals surface area (Å²) in [5.41, 5.74) is 4.55. The molecule has 178 valence electrons. The molecule has 1 heterocycles. The zero-order valence-corrected chi connectivity index (χ0v) is 20.0. The van der Waals surface area contributed by atoms with Gasteiger partial charge in [0.05, 0.1) is 5.41 Å².